The van der Waals surface area contributed by atoms with E-state index in [1.54, 1.807) is 4.68 Å². The van der Waals surface area contributed by atoms with Crippen molar-refractivity contribution in [2.75, 3.05) is 26.4 Å². The van der Waals surface area contributed by atoms with Crippen LogP contribution in [0, 0.1) is 0 Å². The molecule has 0 aromatic carbocycles. The molecule has 0 aliphatic heterocycles. The van der Waals surface area contributed by atoms with Crippen molar-refractivity contribution in [1.29, 1.82) is 0 Å². The van der Waals surface area contributed by atoms with Crippen LogP contribution in [0.4, 0.5) is 0 Å². The van der Waals surface area contributed by atoms with Gasteiger partial charge in [0.25, 0.3) is 0 Å². The maximum absolute atomic E-state index is 10.9. The fraction of sp³-hybridized carbons (Fsp3) is 0.769. The summed E-state index contributed by atoms with van der Waals surface area (Å²) in [4.78, 5) is 10.9. The van der Waals surface area contributed by atoms with Crippen LogP contribution in [-0.4, -0.2) is 47.3 Å². The summed E-state index contributed by atoms with van der Waals surface area (Å²) in [6.45, 7) is 8.38. The van der Waals surface area contributed by atoms with Crippen LogP contribution >= 0.6 is 0 Å². The summed E-state index contributed by atoms with van der Waals surface area (Å²) >= 11 is 0. The Hall–Kier alpha value is -1.47. The lowest BCUT2D eigenvalue weighted by molar-refractivity contribution is -0.121. The van der Waals surface area contributed by atoms with Gasteiger partial charge in [0.15, 0.2) is 0 Å². The standard InChI is InChI=1S/C13H24N4O3/c1-4-13(18)14-5-6-19-7-8-20-10-12-9-17(11(2)3)16-15-12/h9,11H,4-8,10H2,1-3H3,(H,14,18). The predicted octanol–water partition coefficient (Wildman–Crippen LogP) is 0.918. The molecule has 1 heterocycles. The largest absolute Gasteiger partial charge is 0.377 e. The van der Waals surface area contributed by atoms with Gasteiger partial charge in [-0.15, -0.1) is 5.10 Å². The van der Waals surface area contributed by atoms with E-state index in [0.29, 0.717) is 45.4 Å². The van der Waals surface area contributed by atoms with Gasteiger partial charge in [0.2, 0.25) is 5.91 Å². The molecule has 20 heavy (non-hydrogen) atoms. The van der Waals surface area contributed by atoms with Crippen molar-refractivity contribution in [3.63, 3.8) is 0 Å². The zero-order valence-corrected chi connectivity index (χ0v) is 12.5. The highest BCUT2D eigenvalue weighted by molar-refractivity contribution is 5.75. The minimum absolute atomic E-state index is 0.0399. The van der Waals surface area contributed by atoms with E-state index in [0.717, 1.165) is 5.69 Å². The number of nitrogens with zero attached hydrogens (tertiary/aromatic N) is 3. The number of rotatable bonds is 10. The second kappa shape index (κ2) is 9.44. The van der Waals surface area contributed by atoms with Gasteiger partial charge in [-0.05, 0) is 13.8 Å². The maximum atomic E-state index is 10.9. The van der Waals surface area contributed by atoms with Crippen LogP contribution in [0.15, 0.2) is 6.20 Å². The summed E-state index contributed by atoms with van der Waals surface area (Å²) in [5.74, 6) is 0.0399. The van der Waals surface area contributed by atoms with Crippen LogP contribution in [0.3, 0.4) is 0 Å². The molecule has 1 N–H and O–H groups in total. The number of amides is 1. The summed E-state index contributed by atoms with van der Waals surface area (Å²) in [5.41, 5.74) is 0.814. The van der Waals surface area contributed by atoms with Gasteiger partial charge < -0.3 is 14.8 Å². The van der Waals surface area contributed by atoms with Crippen molar-refractivity contribution >= 4 is 5.91 Å². The second-order valence-electron chi connectivity index (χ2n) is 4.65. The topological polar surface area (TPSA) is 78.3 Å². The smallest absolute Gasteiger partial charge is 0.219 e. The van der Waals surface area contributed by atoms with E-state index in [1.165, 1.54) is 0 Å². The van der Waals surface area contributed by atoms with E-state index in [2.05, 4.69) is 15.6 Å². The van der Waals surface area contributed by atoms with E-state index in [9.17, 15) is 4.79 Å². The van der Waals surface area contributed by atoms with Crippen LogP contribution in [0.2, 0.25) is 0 Å². The van der Waals surface area contributed by atoms with Gasteiger partial charge in [-0.25, -0.2) is 4.68 Å². The molecule has 1 amide bonds. The van der Waals surface area contributed by atoms with Crippen LogP contribution in [0.25, 0.3) is 0 Å². The Morgan fingerprint density at radius 3 is 2.75 bits per heavy atom. The molecule has 0 spiro atoms. The van der Waals surface area contributed by atoms with Gasteiger partial charge in [0.1, 0.15) is 5.69 Å². The molecule has 0 fully saturated rings. The Bertz CT molecular complexity index is 393. The van der Waals surface area contributed by atoms with E-state index < -0.39 is 0 Å². The first kappa shape index (κ1) is 16.6. The molecule has 114 valence electrons. The molecule has 0 bridgehead atoms. The molecule has 7 heteroatoms. The fourth-order valence-corrected chi connectivity index (χ4v) is 1.42. The van der Waals surface area contributed by atoms with Crippen LogP contribution < -0.4 is 5.32 Å². The third kappa shape index (κ3) is 6.63. The molecule has 0 saturated carbocycles. The second-order valence-corrected chi connectivity index (χ2v) is 4.65. The Balaban J connectivity index is 1.98. The van der Waals surface area contributed by atoms with E-state index in [1.807, 2.05) is 27.0 Å². The van der Waals surface area contributed by atoms with E-state index in [-0.39, 0.29) is 5.91 Å². The van der Waals surface area contributed by atoms with Crippen LogP contribution in [0.1, 0.15) is 38.9 Å². The summed E-state index contributed by atoms with van der Waals surface area (Å²) in [6.07, 6.45) is 2.38. The number of ether oxygens (including phenoxy) is 2. The highest BCUT2D eigenvalue weighted by Crippen LogP contribution is 2.03. The predicted molar refractivity (Wildman–Crippen MR) is 74.2 cm³/mol. The van der Waals surface area contributed by atoms with E-state index in [4.69, 9.17) is 9.47 Å². The van der Waals surface area contributed by atoms with Crippen molar-refractivity contribution in [1.82, 2.24) is 20.3 Å². The number of nitrogens with one attached hydrogen (secondary N) is 1. The Morgan fingerprint density at radius 1 is 1.35 bits per heavy atom. The van der Waals surface area contributed by atoms with Gasteiger partial charge in [0, 0.05) is 19.0 Å². The Morgan fingerprint density at radius 2 is 2.10 bits per heavy atom. The Kier molecular flexibility index (Phi) is 7.82. The van der Waals surface area contributed by atoms with Gasteiger partial charge in [0.05, 0.1) is 32.6 Å². The molecular formula is C13H24N4O3. The van der Waals surface area contributed by atoms with Gasteiger partial charge >= 0.3 is 0 Å². The fourth-order valence-electron chi connectivity index (χ4n) is 1.42. The highest BCUT2D eigenvalue weighted by atomic mass is 16.5. The molecule has 0 aliphatic rings. The summed E-state index contributed by atoms with van der Waals surface area (Å²) in [5, 5.41) is 10.7. The van der Waals surface area contributed by atoms with Crippen molar-refractivity contribution in [2.24, 2.45) is 0 Å². The summed E-state index contributed by atoms with van der Waals surface area (Å²) in [7, 11) is 0. The molecule has 0 saturated heterocycles. The summed E-state index contributed by atoms with van der Waals surface area (Å²) < 4.78 is 12.6. The van der Waals surface area contributed by atoms with Crippen molar-refractivity contribution in [2.45, 2.75) is 39.8 Å². The SMILES string of the molecule is CCC(=O)NCCOCCOCc1cn(C(C)C)nn1. The molecule has 0 atom stereocenters. The number of hydrogen-bond donors (Lipinski definition) is 1. The minimum Gasteiger partial charge on any atom is -0.377 e. The Labute approximate surface area is 119 Å². The quantitative estimate of drug-likeness (QED) is 0.646. The first-order valence-electron chi connectivity index (χ1n) is 6.96. The number of hydrogen-bond acceptors (Lipinski definition) is 5. The zero-order valence-electron chi connectivity index (χ0n) is 12.5. The van der Waals surface area contributed by atoms with Crippen LogP contribution in [-0.2, 0) is 20.9 Å². The average Bonchev–Trinajstić information content (AvgIpc) is 2.90. The number of aromatic nitrogens is 3. The lowest BCUT2D eigenvalue weighted by atomic mass is 10.4. The first-order chi connectivity index (χ1) is 9.63. The van der Waals surface area contributed by atoms with Gasteiger partial charge in [-0.1, -0.05) is 12.1 Å². The summed E-state index contributed by atoms with van der Waals surface area (Å²) in [6, 6.07) is 0.304. The molecular weight excluding hydrogens is 260 g/mol. The van der Waals surface area contributed by atoms with Crippen molar-refractivity contribution in [3.05, 3.63) is 11.9 Å². The molecule has 1 aromatic rings. The molecule has 0 aliphatic carbocycles. The molecule has 7 nitrogen and oxygen atoms in total. The van der Waals surface area contributed by atoms with Crippen LogP contribution in [0.5, 0.6) is 0 Å². The first-order valence-corrected chi connectivity index (χ1v) is 6.96. The molecule has 1 rings (SSSR count). The number of carbonyl (C=O) groups is 1. The molecule has 0 radical (unpaired) electrons. The average molecular weight is 284 g/mol. The minimum atomic E-state index is 0.0399. The lowest BCUT2D eigenvalue weighted by Gasteiger charge is -2.05. The third-order valence-corrected chi connectivity index (χ3v) is 2.60. The van der Waals surface area contributed by atoms with Crippen molar-refractivity contribution in [3.8, 4) is 0 Å². The molecule has 1 aromatic heterocycles. The van der Waals surface area contributed by atoms with E-state index >= 15 is 0 Å². The van der Waals surface area contributed by atoms with Gasteiger partial charge in [-0.3, -0.25) is 4.79 Å². The third-order valence-electron chi connectivity index (χ3n) is 2.60. The molecule has 0 unspecified atom stereocenters. The number of carbonyl (C=O) groups excluding carboxylic acids is 1. The monoisotopic (exact) mass is 284 g/mol. The van der Waals surface area contributed by atoms with Gasteiger partial charge in [-0.2, -0.15) is 0 Å². The lowest BCUT2D eigenvalue weighted by Crippen LogP contribution is -2.26. The maximum Gasteiger partial charge on any atom is 0.219 e. The normalized spacial score (nSPS) is 11.0. The van der Waals surface area contributed by atoms with Crippen molar-refractivity contribution < 1.29 is 14.3 Å². The zero-order chi connectivity index (χ0) is 14.8. The highest BCUT2D eigenvalue weighted by Gasteiger charge is 2.03.